The summed E-state index contributed by atoms with van der Waals surface area (Å²) in [6.45, 7) is 0.580. The van der Waals surface area contributed by atoms with Crippen LogP contribution < -0.4 is 5.32 Å². The van der Waals surface area contributed by atoms with Crippen LogP contribution in [0.15, 0.2) is 46.5 Å². The topological polar surface area (TPSA) is 46.4 Å². The minimum atomic E-state index is -0.0627. The summed E-state index contributed by atoms with van der Waals surface area (Å²) in [5, 5.41) is 4.91. The number of thiazole rings is 1. The maximum absolute atomic E-state index is 12.0. The van der Waals surface area contributed by atoms with E-state index in [2.05, 4.69) is 26.2 Å². The van der Waals surface area contributed by atoms with E-state index in [0.29, 0.717) is 12.1 Å². The van der Waals surface area contributed by atoms with E-state index in [-0.39, 0.29) is 5.91 Å². The number of rotatable bonds is 4. The zero-order chi connectivity index (χ0) is 13.9. The third-order valence-corrected chi connectivity index (χ3v) is 4.16. The molecule has 0 unspecified atom stereocenters. The van der Waals surface area contributed by atoms with Crippen molar-refractivity contribution in [2.45, 2.75) is 6.42 Å². The fraction of sp³-hybridized carbons (Fsp3) is 0.143. The van der Waals surface area contributed by atoms with E-state index in [1.54, 1.807) is 17.4 Å². The predicted octanol–water partition coefficient (Wildman–Crippen LogP) is 3.13. The van der Waals surface area contributed by atoms with Gasteiger partial charge in [-0.15, -0.1) is 11.3 Å². The molecule has 1 amide bonds. The minimum Gasteiger partial charge on any atom is -0.352 e. The molecule has 1 N–H and O–H groups in total. The Kier molecular flexibility index (Phi) is 3.84. The Morgan fingerprint density at radius 3 is 3.15 bits per heavy atom. The molecule has 3 rings (SSSR count). The lowest BCUT2D eigenvalue weighted by Crippen LogP contribution is -2.25. The SMILES string of the molecule is O=C(NCCc1cn2ccsc2n1)c1cccc(Br)c1. The van der Waals surface area contributed by atoms with Crippen LogP contribution in [0, 0.1) is 0 Å². The van der Waals surface area contributed by atoms with Crippen molar-refractivity contribution < 1.29 is 4.79 Å². The van der Waals surface area contributed by atoms with Gasteiger partial charge in [0.15, 0.2) is 4.96 Å². The normalized spacial score (nSPS) is 10.8. The number of carbonyl (C=O) groups excluding carboxylic acids is 1. The second-order valence-electron chi connectivity index (χ2n) is 4.34. The molecular formula is C14H12BrN3OS. The molecule has 0 aliphatic rings. The maximum Gasteiger partial charge on any atom is 0.251 e. The molecule has 0 saturated carbocycles. The first-order valence-electron chi connectivity index (χ1n) is 6.17. The molecule has 1 aromatic carbocycles. The van der Waals surface area contributed by atoms with Crippen molar-refractivity contribution >= 4 is 38.1 Å². The molecule has 0 spiro atoms. The Hall–Kier alpha value is -1.66. The average Bonchev–Trinajstić information content (AvgIpc) is 2.99. The van der Waals surface area contributed by atoms with Gasteiger partial charge in [-0.25, -0.2) is 4.98 Å². The first-order chi connectivity index (χ1) is 9.72. The Balaban J connectivity index is 1.57. The highest BCUT2D eigenvalue weighted by molar-refractivity contribution is 9.10. The van der Waals surface area contributed by atoms with E-state index in [4.69, 9.17) is 0 Å². The molecule has 102 valence electrons. The van der Waals surface area contributed by atoms with Crippen LogP contribution in [0.2, 0.25) is 0 Å². The molecule has 2 aromatic heterocycles. The van der Waals surface area contributed by atoms with Gasteiger partial charge in [0, 0.05) is 40.8 Å². The van der Waals surface area contributed by atoms with Gasteiger partial charge in [0.1, 0.15) is 0 Å². The Morgan fingerprint density at radius 2 is 2.35 bits per heavy atom. The van der Waals surface area contributed by atoms with Gasteiger partial charge in [-0.3, -0.25) is 9.20 Å². The van der Waals surface area contributed by atoms with Crippen LogP contribution >= 0.6 is 27.3 Å². The number of nitrogens with one attached hydrogen (secondary N) is 1. The summed E-state index contributed by atoms with van der Waals surface area (Å²) >= 11 is 4.96. The molecule has 0 atom stereocenters. The zero-order valence-electron chi connectivity index (χ0n) is 10.5. The van der Waals surface area contributed by atoms with Crippen LogP contribution in [0.3, 0.4) is 0 Å². The first-order valence-corrected chi connectivity index (χ1v) is 7.84. The van der Waals surface area contributed by atoms with E-state index < -0.39 is 0 Å². The molecule has 0 aliphatic carbocycles. The first kappa shape index (κ1) is 13.3. The Bertz CT molecular complexity index is 721. The average molecular weight is 350 g/mol. The second kappa shape index (κ2) is 5.76. The summed E-state index contributed by atoms with van der Waals surface area (Å²) in [5.74, 6) is -0.0627. The quantitative estimate of drug-likeness (QED) is 0.786. The number of imidazole rings is 1. The van der Waals surface area contributed by atoms with Crippen LogP contribution in [0.1, 0.15) is 16.1 Å². The standard InChI is InChI=1S/C14H12BrN3OS/c15-11-3-1-2-10(8-11)13(19)16-5-4-12-9-18-6-7-20-14(18)17-12/h1-3,6-9H,4-5H2,(H,16,19). The highest BCUT2D eigenvalue weighted by Crippen LogP contribution is 2.12. The maximum atomic E-state index is 12.0. The molecule has 2 heterocycles. The molecule has 0 radical (unpaired) electrons. The Labute approximate surface area is 128 Å². The van der Waals surface area contributed by atoms with Crippen LogP contribution in [0.4, 0.5) is 0 Å². The lowest BCUT2D eigenvalue weighted by atomic mass is 10.2. The second-order valence-corrected chi connectivity index (χ2v) is 6.13. The highest BCUT2D eigenvalue weighted by Gasteiger charge is 2.06. The summed E-state index contributed by atoms with van der Waals surface area (Å²) < 4.78 is 2.90. The summed E-state index contributed by atoms with van der Waals surface area (Å²) in [6, 6.07) is 7.35. The fourth-order valence-electron chi connectivity index (χ4n) is 1.93. The van der Waals surface area contributed by atoms with Crippen molar-refractivity contribution in [1.82, 2.24) is 14.7 Å². The molecule has 0 aliphatic heterocycles. The van der Waals surface area contributed by atoms with Gasteiger partial charge in [-0.1, -0.05) is 22.0 Å². The van der Waals surface area contributed by atoms with Gasteiger partial charge in [-0.05, 0) is 18.2 Å². The Morgan fingerprint density at radius 1 is 1.45 bits per heavy atom. The van der Waals surface area contributed by atoms with Crippen LogP contribution in [0.5, 0.6) is 0 Å². The van der Waals surface area contributed by atoms with Crippen molar-refractivity contribution in [3.63, 3.8) is 0 Å². The summed E-state index contributed by atoms with van der Waals surface area (Å²) in [7, 11) is 0. The third kappa shape index (κ3) is 2.91. The molecule has 0 bridgehead atoms. The summed E-state index contributed by atoms with van der Waals surface area (Å²) in [6.07, 6.45) is 4.71. The predicted molar refractivity (Wildman–Crippen MR) is 83.2 cm³/mol. The zero-order valence-corrected chi connectivity index (χ0v) is 12.9. The number of nitrogens with zero attached hydrogens (tertiary/aromatic N) is 2. The van der Waals surface area contributed by atoms with Gasteiger partial charge in [0.2, 0.25) is 0 Å². The smallest absolute Gasteiger partial charge is 0.251 e. The van der Waals surface area contributed by atoms with E-state index >= 15 is 0 Å². The highest BCUT2D eigenvalue weighted by atomic mass is 79.9. The molecule has 20 heavy (non-hydrogen) atoms. The number of aromatic nitrogens is 2. The number of benzene rings is 1. The molecule has 0 fully saturated rings. The number of fused-ring (bicyclic) bond motifs is 1. The number of carbonyl (C=O) groups is 1. The third-order valence-electron chi connectivity index (χ3n) is 2.90. The van der Waals surface area contributed by atoms with E-state index in [1.807, 2.05) is 40.4 Å². The van der Waals surface area contributed by atoms with Crippen LogP contribution in [0.25, 0.3) is 4.96 Å². The lowest BCUT2D eigenvalue weighted by molar-refractivity contribution is 0.0954. The van der Waals surface area contributed by atoms with Crippen LogP contribution in [-0.2, 0) is 6.42 Å². The van der Waals surface area contributed by atoms with Crippen molar-refractivity contribution in [2.24, 2.45) is 0 Å². The molecular weight excluding hydrogens is 338 g/mol. The van der Waals surface area contributed by atoms with Crippen molar-refractivity contribution in [3.05, 3.63) is 57.8 Å². The lowest BCUT2D eigenvalue weighted by Gasteiger charge is -2.04. The van der Waals surface area contributed by atoms with Gasteiger partial charge < -0.3 is 5.32 Å². The number of amides is 1. The molecule has 6 heteroatoms. The van der Waals surface area contributed by atoms with E-state index in [0.717, 1.165) is 21.5 Å². The van der Waals surface area contributed by atoms with Crippen molar-refractivity contribution in [2.75, 3.05) is 6.54 Å². The number of hydrogen-bond acceptors (Lipinski definition) is 3. The molecule has 3 aromatic rings. The van der Waals surface area contributed by atoms with Crippen molar-refractivity contribution in [1.29, 1.82) is 0 Å². The number of hydrogen-bond donors (Lipinski definition) is 1. The largest absolute Gasteiger partial charge is 0.352 e. The monoisotopic (exact) mass is 349 g/mol. The summed E-state index contributed by atoms with van der Waals surface area (Å²) in [4.78, 5) is 17.4. The molecule has 0 saturated heterocycles. The number of halogens is 1. The van der Waals surface area contributed by atoms with Gasteiger partial charge >= 0.3 is 0 Å². The van der Waals surface area contributed by atoms with E-state index in [9.17, 15) is 4.79 Å². The van der Waals surface area contributed by atoms with Gasteiger partial charge in [-0.2, -0.15) is 0 Å². The summed E-state index contributed by atoms with van der Waals surface area (Å²) in [5.41, 5.74) is 1.65. The van der Waals surface area contributed by atoms with Crippen molar-refractivity contribution in [3.8, 4) is 0 Å². The fourth-order valence-corrected chi connectivity index (χ4v) is 3.05. The minimum absolute atomic E-state index is 0.0627. The van der Waals surface area contributed by atoms with Crippen LogP contribution in [-0.4, -0.2) is 21.8 Å². The molecule has 4 nitrogen and oxygen atoms in total. The van der Waals surface area contributed by atoms with E-state index in [1.165, 1.54) is 0 Å². The van der Waals surface area contributed by atoms with Gasteiger partial charge in [0.05, 0.1) is 5.69 Å². The van der Waals surface area contributed by atoms with Gasteiger partial charge in [0.25, 0.3) is 5.91 Å².